The van der Waals surface area contributed by atoms with Crippen LogP contribution in [-0.2, 0) is 10.9 Å². The van der Waals surface area contributed by atoms with Crippen molar-refractivity contribution in [1.82, 2.24) is 5.32 Å². The molecule has 1 atom stereocenters. The monoisotopic (exact) mass is 304 g/mol. The van der Waals surface area contributed by atoms with Gasteiger partial charge in [0.25, 0.3) is 5.91 Å². The molecular weight excluding hydrogens is 285 g/mol. The van der Waals surface area contributed by atoms with Gasteiger partial charge in [-0.05, 0) is 18.6 Å². The third-order valence-electron chi connectivity index (χ3n) is 3.00. The minimum Gasteiger partial charge on any atom is -0.398 e. The van der Waals surface area contributed by atoms with Crippen molar-refractivity contribution in [3.05, 3.63) is 29.3 Å². The highest BCUT2D eigenvalue weighted by Gasteiger charge is 2.34. The Morgan fingerprint density at radius 3 is 2.62 bits per heavy atom. The van der Waals surface area contributed by atoms with Crippen LogP contribution in [0, 0.1) is 0 Å². The first-order valence-corrected chi connectivity index (χ1v) is 6.56. The van der Waals surface area contributed by atoms with Gasteiger partial charge in [-0.15, -0.1) is 0 Å². The number of benzene rings is 1. The van der Waals surface area contributed by atoms with E-state index < -0.39 is 23.3 Å². The van der Waals surface area contributed by atoms with Crippen LogP contribution in [0.1, 0.15) is 35.7 Å². The lowest BCUT2D eigenvalue weighted by molar-refractivity contribution is -0.136. The molecule has 0 aliphatic rings. The topological polar surface area (TPSA) is 64.3 Å². The van der Waals surface area contributed by atoms with Crippen molar-refractivity contribution >= 4 is 11.6 Å². The van der Waals surface area contributed by atoms with Gasteiger partial charge in [-0.1, -0.05) is 19.4 Å². The molecule has 1 amide bonds. The zero-order valence-corrected chi connectivity index (χ0v) is 12.0. The zero-order chi connectivity index (χ0) is 16.0. The smallest absolute Gasteiger partial charge is 0.398 e. The maximum Gasteiger partial charge on any atom is 0.418 e. The van der Waals surface area contributed by atoms with Gasteiger partial charge in [0.1, 0.15) is 0 Å². The number of ether oxygens (including phenoxy) is 1. The van der Waals surface area contributed by atoms with Crippen molar-refractivity contribution in [1.29, 1.82) is 0 Å². The molecule has 0 radical (unpaired) electrons. The number of amides is 1. The lowest BCUT2D eigenvalue weighted by Gasteiger charge is -2.19. The quantitative estimate of drug-likeness (QED) is 0.794. The molecule has 1 rings (SSSR count). The van der Waals surface area contributed by atoms with E-state index in [1.807, 2.05) is 6.92 Å². The largest absolute Gasteiger partial charge is 0.418 e. The molecule has 0 aromatic heterocycles. The van der Waals surface area contributed by atoms with Crippen molar-refractivity contribution in [3.63, 3.8) is 0 Å². The summed E-state index contributed by atoms with van der Waals surface area (Å²) in [6.07, 6.45) is -3.11. The summed E-state index contributed by atoms with van der Waals surface area (Å²) in [5, 5.41) is 2.64. The van der Waals surface area contributed by atoms with Crippen LogP contribution >= 0.6 is 0 Å². The second-order valence-electron chi connectivity index (χ2n) is 4.68. The van der Waals surface area contributed by atoms with E-state index >= 15 is 0 Å². The Labute approximate surface area is 121 Å². The number of methoxy groups -OCH3 is 1. The van der Waals surface area contributed by atoms with Crippen LogP contribution in [0.25, 0.3) is 0 Å². The van der Waals surface area contributed by atoms with Gasteiger partial charge in [0.05, 0.1) is 29.5 Å². The SMILES string of the molecule is CCCC(COC)NC(=O)c1cccc(C(F)(F)F)c1N. The molecule has 0 aliphatic carbocycles. The first-order valence-electron chi connectivity index (χ1n) is 6.56. The minimum absolute atomic E-state index is 0.179. The van der Waals surface area contributed by atoms with Crippen LogP contribution in [0.3, 0.4) is 0 Å². The summed E-state index contributed by atoms with van der Waals surface area (Å²) in [6.45, 7) is 2.23. The molecule has 7 heteroatoms. The molecule has 0 spiro atoms. The van der Waals surface area contributed by atoms with Gasteiger partial charge in [-0.3, -0.25) is 4.79 Å². The molecule has 21 heavy (non-hydrogen) atoms. The number of nitrogens with two attached hydrogens (primary N) is 1. The highest BCUT2D eigenvalue weighted by Crippen LogP contribution is 2.34. The summed E-state index contributed by atoms with van der Waals surface area (Å²) in [4.78, 5) is 12.1. The zero-order valence-electron chi connectivity index (χ0n) is 12.0. The maximum absolute atomic E-state index is 12.8. The predicted molar refractivity (Wildman–Crippen MR) is 73.9 cm³/mol. The third kappa shape index (κ3) is 4.63. The molecular formula is C14H19F3N2O2. The number of carbonyl (C=O) groups is 1. The van der Waals surface area contributed by atoms with Gasteiger partial charge in [-0.25, -0.2) is 0 Å². The third-order valence-corrected chi connectivity index (χ3v) is 3.00. The average molecular weight is 304 g/mol. The Balaban J connectivity index is 2.97. The number of carbonyl (C=O) groups excluding carboxylic acids is 1. The van der Waals surface area contributed by atoms with Gasteiger partial charge in [0.15, 0.2) is 0 Å². The molecule has 1 unspecified atom stereocenters. The summed E-state index contributed by atoms with van der Waals surface area (Å²) >= 11 is 0. The molecule has 4 nitrogen and oxygen atoms in total. The van der Waals surface area contributed by atoms with E-state index in [1.54, 1.807) is 0 Å². The number of para-hydroxylation sites is 1. The normalized spacial score (nSPS) is 13.0. The molecule has 0 heterocycles. The molecule has 0 aliphatic heterocycles. The summed E-state index contributed by atoms with van der Waals surface area (Å²) < 4.78 is 43.3. The van der Waals surface area contributed by atoms with E-state index in [4.69, 9.17) is 10.5 Å². The number of halogens is 3. The lowest BCUT2D eigenvalue weighted by Crippen LogP contribution is -2.38. The average Bonchev–Trinajstić information content (AvgIpc) is 2.38. The van der Waals surface area contributed by atoms with Crippen LogP contribution in [-0.4, -0.2) is 25.7 Å². The summed E-state index contributed by atoms with van der Waals surface area (Å²) in [7, 11) is 1.49. The number of hydrogen-bond donors (Lipinski definition) is 2. The molecule has 118 valence electrons. The number of anilines is 1. The Bertz CT molecular complexity index is 484. The van der Waals surface area contributed by atoms with Gasteiger partial charge in [0, 0.05) is 7.11 Å². The lowest BCUT2D eigenvalue weighted by atomic mass is 10.1. The second kappa shape index (κ2) is 7.31. The van der Waals surface area contributed by atoms with Crippen LogP contribution in [0.15, 0.2) is 18.2 Å². The van der Waals surface area contributed by atoms with E-state index in [-0.39, 0.29) is 11.6 Å². The van der Waals surface area contributed by atoms with Crippen molar-refractivity contribution in [2.45, 2.75) is 32.0 Å². The van der Waals surface area contributed by atoms with Crippen molar-refractivity contribution in [2.75, 3.05) is 19.5 Å². The van der Waals surface area contributed by atoms with Crippen molar-refractivity contribution in [2.24, 2.45) is 0 Å². The van der Waals surface area contributed by atoms with E-state index in [0.717, 1.165) is 12.5 Å². The standard InChI is InChI=1S/C14H19F3N2O2/c1-3-5-9(8-21-2)19-13(20)10-6-4-7-11(12(10)18)14(15,16)17/h4,6-7,9H,3,5,8,18H2,1-2H3,(H,19,20). The fourth-order valence-corrected chi connectivity index (χ4v) is 2.02. The molecule has 0 saturated carbocycles. The molecule has 1 aromatic rings. The van der Waals surface area contributed by atoms with Crippen LogP contribution in [0.5, 0.6) is 0 Å². The number of alkyl halides is 3. The first-order chi connectivity index (χ1) is 9.81. The Kier molecular flexibility index (Phi) is 6.02. The number of nitrogen functional groups attached to an aromatic ring is 1. The van der Waals surface area contributed by atoms with E-state index in [0.29, 0.717) is 13.0 Å². The Morgan fingerprint density at radius 1 is 1.43 bits per heavy atom. The van der Waals surface area contributed by atoms with Gasteiger partial charge in [-0.2, -0.15) is 13.2 Å². The van der Waals surface area contributed by atoms with Crippen molar-refractivity contribution in [3.8, 4) is 0 Å². The van der Waals surface area contributed by atoms with Crippen LogP contribution in [0.2, 0.25) is 0 Å². The first kappa shape index (κ1) is 17.3. The minimum atomic E-state index is -4.59. The molecule has 0 fully saturated rings. The number of nitrogens with one attached hydrogen (secondary N) is 1. The van der Waals surface area contributed by atoms with Crippen molar-refractivity contribution < 1.29 is 22.7 Å². The predicted octanol–water partition coefficient (Wildman–Crippen LogP) is 2.83. The second-order valence-corrected chi connectivity index (χ2v) is 4.68. The van der Waals surface area contributed by atoms with Gasteiger partial charge in [0.2, 0.25) is 0 Å². The molecule has 0 bridgehead atoms. The molecule has 0 saturated heterocycles. The Morgan fingerprint density at radius 2 is 2.10 bits per heavy atom. The maximum atomic E-state index is 12.8. The fraction of sp³-hybridized carbons (Fsp3) is 0.500. The number of hydrogen-bond acceptors (Lipinski definition) is 3. The number of rotatable bonds is 6. The molecule has 1 aromatic carbocycles. The molecule has 3 N–H and O–H groups in total. The van der Waals surface area contributed by atoms with E-state index in [1.165, 1.54) is 19.2 Å². The van der Waals surface area contributed by atoms with Crippen LogP contribution < -0.4 is 11.1 Å². The highest BCUT2D eigenvalue weighted by atomic mass is 19.4. The summed E-state index contributed by atoms with van der Waals surface area (Å²) in [5.41, 5.74) is 3.74. The highest BCUT2D eigenvalue weighted by molar-refractivity contribution is 6.00. The Hall–Kier alpha value is -1.76. The van der Waals surface area contributed by atoms with Gasteiger partial charge >= 0.3 is 6.18 Å². The van der Waals surface area contributed by atoms with E-state index in [2.05, 4.69) is 5.32 Å². The van der Waals surface area contributed by atoms with Gasteiger partial charge < -0.3 is 15.8 Å². The van der Waals surface area contributed by atoms with E-state index in [9.17, 15) is 18.0 Å². The summed E-state index contributed by atoms with van der Waals surface area (Å²) in [6, 6.07) is 3.03. The van der Waals surface area contributed by atoms with Crippen LogP contribution in [0.4, 0.5) is 18.9 Å². The fourth-order valence-electron chi connectivity index (χ4n) is 2.02. The summed E-state index contributed by atoms with van der Waals surface area (Å²) in [5.74, 6) is -0.630.